The third-order valence-corrected chi connectivity index (χ3v) is 4.44. The van der Waals surface area contributed by atoms with Crippen LogP contribution in [0.1, 0.15) is 22.3 Å². The summed E-state index contributed by atoms with van der Waals surface area (Å²) in [5.41, 5.74) is 3.67. The van der Waals surface area contributed by atoms with Gasteiger partial charge in [0.05, 0.1) is 13.7 Å². The van der Waals surface area contributed by atoms with Gasteiger partial charge in [0, 0.05) is 38.2 Å². The molecule has 1 N–H and O–H groups in total. The molecule has 0 radical (unpaired) electrons. The van der Waals surface area contributed by atoms with Crippen LogP contribution in [0.15, 0.2) is 60.9 Å². The van der Waals surface area contributed by atoms with Gasteiger partial charge in [0.2, 0.25) is 0 Å². The van der Waals surface area contributed by atoms with Gasteiger partial charge in [-0.1, -0.05) is 12.1 Å². The molecular formula is C23H25FN2O3. The van der Waals surface area contributed by atoms with Crippen LogP contribution < -0.4 is 14.8 Å². The Morgan fingerprint density at radius 2 is 1.55 bits per heavy atom. The highest BCUT2D eigenvalue weighted by Crippen LogP contribution is 2.28. The van der Waals surface area contributed by atoms with Gasteiger partial charge in [0.15, 0.2) is 11.5 Å². The molecule has 0 fully saturated rings. The van der Waals surface area contributed by atoms with Crippen molar-refractivity contribution in [1.82, 2.24) is 10.3 Å². The number of methoxy groups -OCH3 is 2. The van der Waals surface area contributed by atoms with E-state index < -0.39 is 0 Å². The average Bonchev–Trinajstić information content (AvgIpc) is 2.75. The monoisotopic (exact) mass is 396 g/mol. The molecule has 2 aromatic carbocycles. The Hall–Kier alpha value is -2.96. The summed E-state index contributed by atoms with van der Waals surface area (Å²) in [4.78, 5) is 4.00. The molecule has 3 aromatic rings. The van der Waals surface area contributed by atoms with Crippen LogP contribution >= 0.6 is 0 Å². The van der Waals surface area contributed by atoms with Crippen molar-refractivity contribution in [2.24, 2.45) is 0 Å². The summed E-state index contributed by atoms with van der Waals surface area (Å²) >= 11 is 0. The number of hydrogen-bond acceptors (Lipinski definition) is 5. The molecule has 5 nitrogen and oxygen atoms in total. The molecule has 0 aliphatic rings. The standard InChI is InChI=1S/C23H25FN2O3/c1-27-16-20-11-18(3-5-21(20)24)13-26-14-19-4-6-22(23(12-19)28-2)29-15-17-7-9-25-10-8-17/h3-12,26H,13-16H2,1-2H3. The molecule has 3 rings (SSSR count). The maximum Gasteiger partial charge on any atom is 0.161 e. The van der Waals surface area contributed by atoms with Crippen LogP contribution in [0.4, 0.5) is 4.39 Å². The number of benzene rings is 2. The summed E-state index contributed by atoms with van der Waals surface area (Å²) in [7, 11) is 3.18. The van der Waals surface area contributed by atoms with Crippen LogP contribution in [-0.2, 0) is 31.0 Å². The van der Waals surface area contributed by atoms with Crippen molar-refractivity contribution < 1.29 is 18.6 Å². The van der Waals surface area contributed by atoms with Crippen molar-refractivity contribution in [3.8, 4) is 11.5 Å². The van der Waals surface area contributed by atoms with Crippen molar-refractivity contribution in [2.75, 3.05) is 14.2 Å². The molecule has 0 saturated heterocycles. The molecule has 0 aliphatic heterocycles. The Morgan fingerprint density at radius 3 is 2.28 bits per heavy atom. The first kappa shape index (κ1) is 20.8. The van der Waals surface area contributed by atoms with Crippen molar-refractivity contribution >= 4 is 0 Å². The van der Waals surface area contributed by atoms with Gasteiger partial charge >= 0.3 is 0 Å². The number of aromatic nitrogens is 1. The highest BCUT2D eigenvalue weighted by atomic mass is 19.1. The number of ether oxygens (including phenoxy) is 3. The quantitative estimate of drug-likeness (QED) is 0.555. The second-order valence-electron chi connectivity index (χ2n) is 6.59. The van der Waals surface area contributed by atoms with E-state index in [0.29, 0.717) is 36.8 Å². The maximum absolute atomic E-state index is 13.7. The summed E-state index contributed by atoms with van der Waals surface area (Å²) in [6.07, 6.45) is 3.48. The minimum absolute atomic E-state index is 0.248. The molecule has 0 unspecified atom stereocenters. The molecule has 6 heteroatoms. The summed E-state index contributed by atoms with van der Waals surface area (Å²) in [5, 5.41) is 3.37. The molecule has 1 aromatic heterocycles. The molecule has 0 bridgehead atoms. The molecular weight excluding hydrogens is 371 g/mol. The van der Waals surface area contributed by atoms with Crippen LogP contribution in [0.25, 0.3) is 0 Å². The minimum Gasteiger partial charge on any atom is -0.493 e. The summed E-state index contributed by atoms with van der Waals surface area (Å²) in [6.45, 7) is 1.99. The molecule has 29 heavy (non-hydrogen) atoms. The molecule has 0 atom stereocenters. The van der Waals surface area contributed by atoms with Gasteiger partial charge < -0.3 is 19.5 Å². The van der Waals surface area contributed by atoms with Crippen LogP contribution in [0, 0.1) is 5.82 Å². The fraction of sp³-hybridized carbons (Fsp3) is 0.261. The van der Waals surface area contributed by atoms with Gasteiger partial charge in [-0.15, -0.1) is 0 Å². The Labute approximate surface area is 170 Å². The molecule has 0 saturated carbocycles. The van der Waals surface area contributed by atoms with E-state index in [-0.39, 0.29) is 12.4 Å². The highest BCUT2D eigenvalue weighted by molar-refractivity contribution is 5.43. The van der Waals surface area contributed by atoms with Gasteiger partial charge in [0.25, 0.3) is 0 Å². The first-order chi connectivity index (χ1) is 14.2. The normalized spacial score (nSPS) is 10.7. The lowest BCUT2D eigenvalue weighted by atomic mass is 10.1. The second kappa shape index (κ2) is 10.5. The highest BCUT2D eigenvalue weighted by Gasteiger charge is 2.07. The lowest BCUT2D eigenvalue weighted by molar-refractivity contribution is 0.181. The Kier molecular flexibility index (Phi) is 7.55. The SMILES string of the molecule is COCc1cc(CNCc2ccc(OCc3ccncc3)c(OC)c2)ccc1F. The Balaban J connectivity index is 1.56. The number of halogens is 1. The molecule has 1 heterocycles. The smallest absolute Gasteiger partial charge is 0.161 e. The van der Waals surface area contributed by atoms with Gasteiger partial charge in [0.1, 0.15) is 12.4 Å². The first-order valence-electron chi connectivity index (χ1n) is 9.35. The number of nitrogens with one attached hydrogen (secondary N) is 1. The molecule has 0 aliphatic carbocycles. The zero-order valence-electron chi connectivity index (χ0n) is 16.7. The van der Waals surface area contributed by atoms with E-state index in [9.17, 15) is 4.39 Å². The maximum atomic E-state index is 13.7. The zero-order chi connectivity index (χ0) is 20.5. The lowest BCUT2D eigenvalue weighted by Gasteiger charge is -2.13. The summed E-state index contributed by atoms with van der Waals surface area (Å²) < 4.78 is 30.1. The number of hydrogen-bond donors (Lipinski definition) is 1. The van der Waals surface area contributed by atoms with Crippen molar-refractivity contribution in [1.29, 1.82) is 0 Å². The number of nitrogens with zero attached hydrogens (tertiary/aromatic N) is 1. The van der Waals surface area contributed by atoms with Crippen LogP contribution in [-0.4, -0.2) is 19.2 Å². The molecule has 0 spiro atoms. The largest absolute Gasteiger partial charge is 0.493 e. The Morgan fingerprint density at radius 1 is 0.828 bits per heavy atom. The Bertz CT molecular complexity index is 919. The minimum atomic E-state index is -0.248. The van der Waals surface area contributed by atoms with E-state index in [0.717, 1.165) is 16.7 Å². The van der Waals surface area contributed by atoms with Crippen molar-refractivity contribution in [3.05, 3.63) is 89.0 Å². The average molecular weight is 396 g/mol. The van der Waals surface area contributed by atoms with E-state index in [4.69, 9.17) is 14.2 Å². The van der Waals surface area contributed by atoms with E-state index in [2.05, 4.69) is 10.3 Å². The van der Waals surface area contributed by atoms with Crippen LogP contribution in [0.2, 0.25) is 0 Å². The summed E-state index contributed by atoms with van der Waals surface area (Å²) in [5.74, 6) is 1.13. The third-order valence-electron chi connectivity index (χ3n) is 4.44. The van der Waals surface area contributed by atoms with Gasteiger partial charge in [-0.2, -0.15) is 0 Å². The van der Waals surface area contributed by atoms with E-state index >= 15 is 0 Å². The van der Waals surface area contributed by atoms with E-state index in [1.807, 2.05) is 36.4 Å². The van der Waals surface area contributed by atoms with Gasteiger partial charge in [-0.25, -0.2) is 4.39 Å². The number of pyridine rings is 1. The zero-order valence-corrected chi connectivity index (χ0v) is 16.7. The van der Waals surface area contributed by atoms with Gasteiger partial charge in [-0.3, -0.25) is 4.98 Å². The van der Waals surface area contributed by atoms with Crippen LogP contribution in [0.3, 0.4) is 0 Å². The molecule has 152 valence electrons. The lowest BCUT2D eigenvalue weighted by Crippen LogP contribution is -2.13. The fourth-order valence-electron chi connectivity index (χ4n) is 2.94. The van der Waals surface area contributed by atoms with Gasteiger partial charge in [-0.05, 0) is 53.1 Å². The number of rotatable bonds is 10. The van der Waals surface area contributed by atoms with Crippen molar-refractivity contribution in [2.45, 2.75) is 26.3 Å². The second-order valence-corrected chi connectivity index (χ2v) is 6.59. The first-order valence-corrected chi connectivity index (χ1v) is 9.35. The topological polar surface area (TPSA) is 52.6 Å². The predicted molar refractivity (Wildman–Crippen MR) is 109 cm³/mol. The van der Waals surface area contributed by atoms with E-state index in [1.165, 1.54) is 6.07 Å². The summed E-state index contributed by atoms with van der Waals surface area (Å²) in [6, 6.07) is 14.8. The van der Waals surface area contributed by atoms with Crippen molar-refractivity contribution in [3.63, 3.8) is 0 Å². The molecule has 0 amide bonds. The predicted octanol–water partition coefficient (Wildman–Crippen LogP) is 4.24. The third kappa shape index (κ3) is 6.01. The van der Waals surface area contributed by atoms with E-state index in [1.54, 1.807) is 32.7 Å². The van der Waals surface area contributed by atoms with Crippen LogP contribution in [0.5, 0.6) is 11.5 Å². The fourth-order valence-corrected chi connectivity index (χ4v) is 2.94.